The summed E-state index contributed by atoms with van der Waals surface area (Å²) < 4.78 is 12.5. The van der Waals surface area contributed by atoms with E-state index in [1.54, 1.807) is 0 Å². The standard InChI is InChI=1S/C69H138N2O6/c1-58(2)32-27-36-62(9)42-46-66(47-43-63(10)37-28-33-59(3)4)76-68(74)40-19-15-13-17-21-50-70(54-31-55-71(52-23-25-56-72)53-24-26-57-73)51-22-18-14-16-20-41-69(75)77-67(48-44-64(11)38-29-34-60(5)6)49-45-65(12)39-30-35-61(7)8/h58-67,72-73H,13-57H2,1-12H3. The van der Waals surface area contributed by atoms with E-state index in [-0.39, 0.29) is 37.4 Å². The van der Waals surface area contributed by atoms with E-state index in [1.807, 2.05) is 0 Å². The van der Waals surface area contributed by atoms with Crippen LogP contribution in [0.3, 0.4) is 0 Å². The minimum atomic E-state index is 0.0166. The first-order chi connectivity index (χ1) is 36.9. The minimum Gasteiger partial charge on any atom is -0.462 e. The fraction of sp³-hybridized carbons (Fsp3) is 0.971. The number of hydrogen-bond acceptors (Lipinski definition) is 8. The van der Waals surface area contributed by atoms with Crippen molar-refractivity contribution >= 4 is 11.9 Å². The van der Waals surface area contributed by atoms with E-state index < -0.39 is 0 Å². The molecule has 2 N–H and O–H groups in total. The van der Waals surface area contributed by atoms with Crippen LogP contribution in [-0.2, 0) is 19.1 Å². The summed E-state index contributed by atoms with van der Waals surface area (Å²) in [5, 5.41) is 18.8. The molecular formula is C69H138N2O6. The molecule has 0 fully saturated rings. The molecule has 460 valence electrons. The lowest BCUT2D eigenvalue weighted by Gasteiger charge is -2.26. The average Bonchev–Trinajstić information content (AvgIpc) is 3.36. The van der Waals surface area contributed by atoms with Gasteiger partial charge >= 0.3 is 11.9 Å². The molecule has 0 aliphatic carbocycles. The Morgan fingerprint density at radius 1 is 0.286 bits per heavy atom. The van der Waals surface area contributed by atoms with E-state index in [0.29, 0.717) is 36.5 Å². The van der Waals surface area contributed by atoms with E-state index in [0.717, 1.165) is 185 Å². The Bertz CT molecular complexity index is 1140. The SMILES string of the molecule is CC(C)CCCC(C)CCC(CCC(C)CCCC(C)C)OC(=O)CCCCCCCN(CCCCCCCC(=O)OC(CCC(C)CCCC(C)C)CCC(C)CCCC(C)C)CCCN(CCCCO)CCCCO. The molecule has 8 nitrogen and oxygen atoms in total. The largest absolute Gasteiger partial charge is 0.462 e. The third-order valence-electron chi connectivity index (χ3n) is 16.9. The van der Waals surface area contributed by atoms with Gasteiger partial charge in [-0.05, 0) is 196 Å². The Balaban J connectivity index is 5.18. The fourth-order valence-corrected chi connectivity index (χ4v) is 11.3. The highest BCUT2D eigenvalue weighted by Crippen LogP contribution is 2.26. The maximum absolute atomic E-state index is 13.2. The summed E-state index contributed by atoms with van der Waals surface area (Å²) in [7, 11) is 0. The lowest BCUT2D eigenvalue weighted by Crippen LogP contribution is -2.32. The molecule has 0 spiro atoms. The number of carbonyl (C=O) groups excluding carboxylic acids is 2. The predicted molar refractivity (Wildman–Crippen MR) is 334 cm³/mol. The lowest BCUT2D eigenvalue weighted by atomic mass is 9.91. The number of ether oxygens (including phenoxy) is 2. The molecule has 0 rings (SSSR count). The first kappa shape index (κ1) is 75.8. The minimum absolute atomic E-state index is 0.0166. The quantitative estimate of drug-likeness (QED) is 0.0459. The number of rotatable bonds is 58. The van der Waals surface area contributed by atoms with Crippen LogP contribution in [0.4, 0.5) is 0 Å². The van der Waals surface area contributed by atoms with Crippen molar-refractivity contribution in [2.45, 2.75) is 333 Å². The molecule has 0 saturated heterocycles. The third kappa shape index (κ3) is 52.6. The van der Waals surface area contributed by atoms with Gasteiger partial charge in [-0.25, -0.2) is 0 Å². The summed E-state index contributed by atoms with van der Waals surface area (Å²) in [6.45, 7) is 35.0. The van der Waals surface area contributed by atoms with Crippen molar-refractivity contribution in [2.75, 3.05) is 52.5 Å². The van der Waals surface area contributed by atoms with Crippen LogP contribution in [0.1, 0.15) is 321 Å². The fourth-order valence-electron chi connectivity index (χ4n) is 11.3. The summed E-state index contributed by atoms with van der Waals surface area (Å²) >= 11 is 0. The molecule has 0 aromatic carbocycles. The molecule has 0 aliphatic heterocycles. The molecule has 0 aromatic rings. The van der Waals surface area contributed by atoms with E-state index >= 15 is 0 Å². The van der Waals surface area contributed by atoms with Crippen LogP contribution in [0.5, 0.6) is 0 Å². The number of nitrogens with zero attached hydrogens (tertiary/aromatic N) is 2. The monoisotopic (exact) mass is 1090 g/mol. The van der Waals surface area contributed by atoms with Crippen molar-refractivity contribution < 1.29 is 29.3 Å². The molecule has 0 aromatic heterocycles. The molecule has 4 atom stereocenters. The second kappa shape index (κ2) is 52.8. The van der Waals surface area contributed by atoms with Gasteiger partial charge in [-0.1, -0.05) is 199 Å². The number of esters is 2. The van der Waals surface area contributed by atoms with Gasteiger partial charge in [0, 0.05) is 26.1 Å². The highest BCUT2D eigenvalue weighted by atomic mass is 16.5. The van der Waals surface area contributed by atoms with Crippen LogP contribution in [-0.4, -0.2) is 96.6 Å². The van der Waals surface area contributed by atoms with E-state index in [4.69, 9.17) is 9.47 Å². The molecule has 77 heavy (non-hydrogen) atoms. The average molecular weight is 1090 g/mol. The topological polar surface area (TPSA) is 99.5 Å². The molecular weight excluding hydrogens is 953 g/mol. The van der Waals surface area contributed by atoms with E-state index in [2.05, 4.69) is 92.9 Å². The molecule has 0 bridgehead atoms. The normalized spacial score (nSPS) is 14.6. The highest BCUT2D eigenvalue weighted by molar-refractivity contribution is 5.69. The number of aliphatic hydroxyl groups excluding tert-OH is 2. The number of unbranched alkanes of at least 4 members (excludes halogenated alkanes) is 10. The third-order valence-corrected chi connectivity index (χ3v) is 16.9. The Kier molecular flexibility index (Phi) is 52.0. The first-order valence-corrected chi connectivity index (χ1v) is 34.0. The maximum Gasteiger partial charge on any atom is 0.306 e. The Hall–Kier alpha value is -1.22. The van der Waals surface area contributed by atoms with Gasteiger partial charge in [-0.15, -0.1) is 0 Å². The van der Waals surface area contributed by atoms with Gasteiger partial charge in [-0.2, -0.15) is 0 Å². The molecule has 8 heteroatoms. The van der Waals surface area contributed by atoms with E-state index in [1.165, 1.54) is 103 Å². The number of carbonyl (C=O) groups is 2. The van der Waals surface area contributed by atoms with Crippen LogP contribution in [0.15, 0.2) is 0 Å². The highest BCUT2D eigenvalue weighted by Gasteiger charge is 2.20. The van der Waals surface area contributed by atoms with Crippen molar-refractivity contribution in [2.24, 2.45) is 47.3 Å². The summed E-state index contributed by atoms with van der Waals surface area (Å²) in [5.74, 6) is 5.82. The zero-order chi connectivity index (χ0) is 57.3. The van der Waals surface area contributed by atoms with Crippen molar-refractivity contribution in [1.82, 2.24) is 9.80 Å². The Morgan fingerprint density at radius 3 is 0.805 bits per heavy atom. The zero-order valence-electron chi connectivity index (χ0n) is 54.0. The molecule has 4 unspecified atom stereocenters. The van der Waals surface area contributed by atoms with Gasteiger partial charge in [0.2, 0.25) is 0 Å². The number of hydrogen-bond donors (Lipinski definition) is 2. The summed E-state index contributed by atoms with van der Waals surface area (Å²) in [5.41, 5.74) is 0. The molecule has 0 saturated carbocycles. The van der Waals surface area contributed by atoms with Crippen molar-refractivity contribution in [3.63, 3.8) is 0 Å². The molecule has 0 amide bonds. The Morgan fingerprint density at radius 2 is 0.532 bits per heavy atom. The van der Waals surface area contributed by atoms with Crippen molar-refractivity contribution in [3.8, 4) is 0 Å². The van der Waals surface area contributed by atoms with E-state index in [9.17, 15) is 19.8 Å². The van der Waals surface area contributed by atoms with Gasteiger partial charge < -0.3 is 29.5 Å². The van der Waals surface area contributed by atoms with Crippen LogP contribution in [0.25, 0.3) is 0 Å². The van der Waals surface area contributed by atoms with Gasteiger partial charge in [0.15, 0.2) is 0 Å². The zero-order valence-corrected chi connectivity index (χ0v) is 54.0. The second-order valence-corrected chi connectivity index (χ2v) is 27.2. The van der Waals surface area contributed by atoms with Gasteiger partial charge in [0.1, 0.15) is 12.2 Å². The lowest BCUT2D eigenvalue weighted by molar-refractivity contribution is -0.151. The molecule has 0 aliphatic rings. The predicted octanol–water partition coefficient (Wildman–Crippen LogP) is 19.0. The van der Waals surface area contributed by atoms with Crippen LogP contribution in [0, 0.1) is 47.3 Å². The number of aliphatic hydroxyl groups is 2. The van der Waals surface area contributed by atoms with Crippen molar-refractivity contribution in [1.29, 1.82) is 0 Å². The molecule has 0 heterocycles. The van der Waals surface area contributed by atoms with Crippen LogP contribution < -0.4 is 0 Å². The smallest absolute Gasteiger partial charge is 0.306 e. The summed E-state index contributed by atoms with van der Waals surface area (Å²) in [6.07, 6.45) is 41.3. The maximum atomic E-state index is 13.2. The first-order valence-electron chi connectivity index (χ1n) is 34.0. The van der Waals surface area contributed by atoms with Gasteiger partial charge in [0.05, 0.1) is 0 Å². The second-order valence-electron chi connectivity index (χ2n) is 27.2. The van der Waals surface area contributed by atoms with Crippen LogP contribution in [0.2, 0.25) is 0 Å². The summed E-state index contributed by atoms with van der Waals surface area (Å²) in [6, 6.07) is 0. The van der Waals surface area contributed by atoms with Crippen molar-refractivity contribution in [3.05, 3.63) is 0 Å². The Labute approximate surface area is 481 Å². The van der Waals surface area contributed by atoms with Gasteiger partial charge in [0.25, 0.3) is 0 Å². The van der Waals surface area contributed by atoms with Crippen LogP contribution >= 0.6 is 0 Å². The summed E-state index contributed by atoms with van der Waals surface area (Å²) in [4.78, 5) is 31.7. The van der Waals surface area contributed by atoms with Gasteiger partial charge in [-0.3, -0.25) is 9.59 Å². The molecule has 0 radical (unpaired) electrons.